The molecule has 3 nitrogen and oxygen atoms in total. The molecule has 0 bridgehead atoms. The molecule has 0 aliphatic heterocycles. The van der Waals surface area contributed by atoms with Crippen LogP contribution in [0, 0.1) is 0 Å². The average molecular weight is 274 g/mol. The van der Waals surface area contributed by atoms with Crippen molar-refractivity contribution >= 4 is 12.0 Å². The van der Waals surface area contributed by atoms with Crippen LogP contribution in [0.5, 0.6) is 0 Å². The van der Waals surface area contributed by atoms with E-state index in [1.54, 1.807) is 0 Å². The van der Waals surface area contributed by atoms with Gasteiger partial charge in [-0.05, 0) is 44.6 Å². The fraction of sp³-hybridized carbons (Fsp3) is 0.471. The lowest BCUT2D eigenvalue weighted by atomic mass is 10.1. The van der Waals surface area contributed by atoms with Gasteiger partial charge in [-0.15, -0.1) is 0 Å². The van der Waals surface area contributed by atoms with E-state index in [4.69, 9.17) is 0 Å². The lowest BCUT2D eigenvalue weighted by molar-refractivity contribution is -0.117. The van der Waals surface area contributed by atoms with E-state index in [0.29, 0.717) is 0 Å². The van der Waals surface area contributed by atoms with Gasteiger partial charge in [0.05, 0.1) is 0 Å². The quantitative estimate of drug-likeness (QED) is 0.584. The van der Waals surface area contributed by atoms with Crippen LogP contribution < -0.4 is 5.32 Å². The van der Waals surface area contributed by atoms with E-state index in [-0.39, 0.29) is 5.91 Å². The van der Waals surface area contributed by atoms with Crippen molar-refractivity contribution in [3.8, 4) is 0 Å². The summed E-state index contributed by atoms with van der Waals surface area (Å²) in [6, 6.07) is 9.91. The van der Waals surface area contributed by atoms with Crippen molar-refractivity contribution in [3.05, 3.63) is 41.5 Å². The molecule has 1 aromatic rings. The minimum Gasteiger partial charge on any atom is -0.352 e. The predicted molar refractivity (Wildman–Crippen MR) is 85.5 cm³/mol. The zero-order chi connectivity index (χ0) is 14.8. The monoisotopic (exact) mass is 274 g/mol. The third kappa shape index (κ3) is 6.02. The van der Waals surface area contributed by atoms with E-state index in [2.05, 4.69) is 24.1 Å². The number of rotatable bonds is 8. The highest BCUT2D eigenvalue weighted by Gasteiger charge is 2.04. The van der Waals surface area contributed by atoms with Crippen LogP contribution in [0.2, 0.25) is 0 Å². The number of carbonyl (C=O) groups excluding carboxylic acids is 1. The second-order valence-electron chi connectivity index (χ2n) is 4.87. The lowest BCUT2D eigenvalue weighted by Gasteiger charge is -2.17. The van der Waals surface area contributed by atoms with Gasteiger partial charge in [0.25, 0.3) is 0 Å². The van der Waals surface area contributed by atoms with Gasteiger partial charge in [0, 0.05) is 12.1 Å². The van der Waals surface area contributed by atoms with Crippen molar-refractivity contribution in [1.82, 2.24) is 10.2 Å². The summed E-state index contributed by atoms with van der Waals surface area (Å²) in [6.07, 6.45) is 2.91. The largest absolute Gasteiger partial charge is 0.352 e. The first kappa shape index (κ1) is 16.4. The van der Waals surface area contributed by atoms with Crippen LogP contribution in [0.25, 0.3) is 6.08 Å². The van der Waals surface area contributed by atoms with Crippen molar-refractivity contribution in [1.29, 1.82) is 0 Å². The summed E-state index contributed by atoms with van der Waals surface area (Å²) in [6.45, 7) is 10.1. The number of benzene rings is 1. The van der Waals surface area contributed by atoms with Gasteiger partial charge in [0.1, 0.15) is 0 Å². The molecule has 0 radical (unpaired) electrons. The predicted octanol–water partition coefficient (Wildman–Crippen LogP) is 2.94. The van der Waals surface area contributed by atoms with Gasteiger partial charge in [-0.2, -0.15) is 0 Å². The number of nitrogens with one attached hydrogen (secondary N) is 1. The van der Waals surface area contributed by atoms with Crippen LogP contribution in [0.1, 0.15) is 32.8 Å². The molecule has 3 heteroatoms. The Kier molecular flexibility index (Phi) is 7.66. The summed E-state index contributed by atoms with van der Waals surface area (Å²) in [5.74, 6) is 0.0217. The second kappa shape index (κ2) is 9.32. The van der Waals surface area contributed by atoms with Crippen molar-refractivity contribution in [3.63, 3.8) is 0 Å². The van der Waals surface area contributed by atoms with Crippen molar-refractivity contribution in [2.45, 2.75) is 27.2 Å². The first-order valence-corrected chi connectivity index (χ1v) is 7.41. The summed E-state index contributed by atoms with van der Waals surface area (Å²) < 4.78 is 0. The molecule has 0 aliphatic carbocycles. The zero-order valence-electron chi connectivity index (χ0n) is 12.9. The summed E-state index contributed by atoms with van der Waals surface area (Å²) in [7, 11) is 0. The minimum atomic E-state index is 0.0217. The third-order valence-electron chi connectivity index (χ3n) is 3.37. The molecule has 0 atom stereocenters. The fourth-order valence-corrected chi connectivity index (χ4v) is 2.05. The number of amides is 1. The summed E-state index contributed by atoms with van der Waals surface area (Å²) in [4.78, 5) is 14.3. The molecule has 20 heavy (non-hydrogen) atoms. The van der Waals surface area contributed by atoms with Crippen molar-refractivity contribution in [2.24, 2.45) is 0 Å². The first-order chi connectivity index (χ1) is 9.67. The van der Waals surface area contributed by atoms with E-state index in [0.717, 1.165) is 43.7 Å². The Hall–Kier alpha value is -1.61. The van der Waals surface area contributed by atoms with E-state index in [1.807, 2.05) is 43.3 Å². The summed E-state index contributed by atoms with van der Waals surface area (Å²) in [5, 5.41) is 2.97. The molecule has 0 aromatic heterocycles. The molecule has 0 fully saturated rings. The molecule has 0 spiro atoms. The van der Waals surface area contributed by atoms with Crippen LogP contribution in [0.3, 0.4) is 0 Å². The summed E-state index contributed by atoms with van der Waals surface area (Å²) in [5.41, 5.74) is 1.81. The Morgan fingerprint density at radius 1 is 1.20 bits per heavy atom. The second-order valence-corrected chi connectivity index (χ2v) is 4.87. The van der Waals surface area contributed by atoms with Crippen molar-refractivity contribution < 1.29 is 4.79 Å². The Morgan fingerprint density at radius 3 is 2.45 bits per heavy atom. The molecule has 1 amide bonds. The normalized spacial score (nSPS) is 11.7. The van der Waals surface area contributed by atoms with Gasteiger partial charge in [0.2, 0.25) is 5.91 Å². The number of hydrogen-bond acceptors (Lipinski definition) is 2. The number of hydrogen-bond donors (Lipinski definition) is 1. The molecule has 0 saturated carbocycles. The van der Waals surface area contributed by atoms with Gasteiger partial charge in [-0.3, -0.25) is 4.79 Å². The molecule has 1 N–H and O–H groups in total. The molecule has 1 aromatic carbocycles. The maximum atomic E-state index is 11.9. The van der Waals surface area contributed by atoms with Gasteiger partial charge < -0.3 is 10.2 Å². The highest BCUT2D eigenvalue weighted by Crippen LogP contribution is 2.05. The molecule has 0 saturated heterocycles. The van der Waals surface area contributed by atoms with Crippen LogP contribution >= 0.6 is 0 Å². The van der Waals surface area contributed by atoms with Crippen LogP contribution in [-0.2, 0) is 4.79 Å². The van der Waals surface area contributed by atoms with Gasteiger partial charge in [0.15, 0.2) is 0 Å². The van der Waals surface area contributed by atoms with E-state index in [9.17, 15) is 4.79 Å². The molecule has 1 rings (SSSR count). The van der Waals surface area contributed by atoms with Gasteiger partial charge in [-0.25, -0.2) is 0 Å². The minimum absolute atomic E-state index is 0.0217. The summed E-state index contributed by atoms with van der Waals surface area (Å²) >= 11 is 0. The standard InChI is InChI=1S/C17H26N2O/c1-4-19(5-2)13-9-12-18-17(20)15(3)14-16-10-7-6-8-11-16/h6-8,10-11,14H,4-5,9,12-13H2,1-3H3,(H,18,20)/b15-14+. The van der Waals surface area contributed by atoms with Gasteiger partial charge >= 0.3 is 0 Å². The topological polar surface area (TPSA) is 32.3 Å². The maximum absolute atomic E-state index is 11.9. The molecule has 0 aliphatic rings. The smallest absolute Gasteiger partial charge is 0.246 e. The third-order valence-corrected chi connectivity index (χ3v) is 3.37. The highest BCUT2D eigenvalue weighted by molar-refractivity contribution is 5.97. The van der Waals surface area contributed by atoms with Crippen LogP contribution in [0.4, 0.5) is 0 Å². The molecular formula is C17H26N2O. The SMILES string of the molecule is CCN(CC)CCCNC(=O)/C(C)=C/c1ccccc1. The van der Waals surface area contributed by atoms with Crippen LogP contribution in [-0.4, -0.2) is 37.0 Å². The molecule has 110 valence electrons. The highest BCUT2D eigenvalue weighted by atomic mass is 16.1. The number of carbonyl (C=O) groups is 1. The Balaban J connectivity index is 2.34. The number of nitrogens with zero attached hydrogens (tertiary/aromatic N) is 1. The fourth-order valence-electron chi connectivity index (χ4n) is 2.05. The van der Waals surface area contributed by atoms with E-state index in [1.165, 1.54) is 0 Å². The average Bonchev–Trinajstić information content (AvgIpc) is 2.48. The Labute approximate surface area is 122 Å². The first-order valence-electron chi connectivity index (χ1n) is 7.41. The van der Waals surface area contributed by atoms with E-state index < -0.39 is 0 Å². The zero-order valence-corrected chi connectivity index (χ0v) is 12.9. The molecule has 0 heterocycles. The van der Waals surface area contributed by atoms with Gasteiger partial charge in [-0.1, -0.05) is 44.2 Å². The molecule has 0 unspecified atom stereocenters. The molecular weight excluding hydrogens is 248 g/mol. The van der Waals surface area contributed by atoms with E-state index >= 15 is 0 Å². The maximum Gasteiger partial charge on any atom is 0.246 e. The Bertz CT molecular complexity index is 422. The Morgan fingerprint density at radius 2 is 1.85 bits per heavy atom. The van der Waals surface area contributed by atoms with Crippen molar-refractivity contribution in [2.75, 3.05) is 26.2 Å². The van der Waals surface area contributed by atoms with Crippen LogP contribution in [0.15, 0.2) is 35.9 Å². The lowest BCUT2D eigenvalue weighted by Crippen LogP contribution is -2.30.